The third-order valence-corrected chi connectivity index (χ3v) is 6.40. The van der Waals surface area contributed by atoms with Crippen molar-refractivity contribution < 1.29 is 0 Å². The third-order valence-electron chi connectivity index (χ3n) is 6.40. The van der Waals surface area contributed by atoms with Crippen LogP contribution < -0.4 is 0 Å². The van der Waals surface area contributed by atoms with Crippen molar-refractivity contribution in [2.24, 2.45) is 0 Å². The van der Waals surface area contributed by atoms with E-state index in [-0.39, 0.29) is 0 Å². The van der Waals surface area contributed by atoms with Gasteiger partial charge in [-0.2, -0.15) is 0 Å². The Labute approximate surface area is 238 Å². The van der Waals surface area contributed by atoms with Gasteiger partial charge in [-0.15, -0.1) is 0 Å². The van der Waals surface area contributed by atoms with Crippen molar-refractivity contribution in [2.75, 3.05) is 0 Å². The van der Waals surface area contributed by atoms with Gasteiger partial charge in [-0.3, -0.25) is 0 Å². The van der Waals surface area contributed by atoms with Crippen LogP contribution >= 0.6 is 0 Å². The summed E-state index contributed by atoms with van der Waals surface area (Å²) in [6, 6.07) is 24.4. The normalized spacial score (nSPS) is 11.0. The van der Waals surface area contributed by atoms with Crippen molar-refractivity contribution in [1.29, 1.82) is 0 Å². The molecule has 9 heteroatoms. The predicted molar refractivity (Wildman–Crippen MR) is 157 cm³/mol. The van der Waals surface area contributed by atoms with Gasteiger partial charge in [0.15, 0.2) is 23.3 Å². The second-order valence-corrected chi connectivity index (χ2v) is 9.78. The molecule has 41 heavy (non-hydrogen) atoms. The zero-order valence-corrected chi connectivity index (χ0v) is 23.5. The maximum absolute atomic E-state index is 4.92. The lowest BCUT2D eigenvalue weighted by molar-refractivity contribution is 0.925. The summed E-state index contributed by atoms with van der Waals surface area (Å²) in [5.41, 5.74) is 5.47. The highest BCUT2D eigenvalue weighted by Crippen LogP contribution is 2.31. The van der Waals surface area contributed by atoms with E-state index in [1.54, 1.807) is 0 Å². The Morgan fingerprint density at radius 2 is 0.634 bits per heavy atom. The molecule has 6 aromatic rings. The summed E-state index contributed by atoms with van der Waals surface area (Å²) >= 11 is 0. The molecule has 0 radical (unpaired) electrons. The van der Waals surface area contributed by atoms with Crippen LogP contribution in [0.15, 0.2) is 72.8 Å². The van der Waals surface area contributed by atoms with E-state index in [1.807, 2.05) is 83.1 Å². The number of benzene rings is 3. The van der Waals surface area contributed by atoms with E-state index in [0.717, 1.165) is 33.4 Å². The van der Waals surface area contributed by atoms with Gasteiger partial charge in [0.05, 0.1) is 0 Å². The van der Waals surface area contributed by atoms with Gasteiger partial charge in [0, 0.05) is 22.3 Å². The largest absolute Gasteiger partial charge is 0.219 e. The minimum absolute atomic E-state index is 0.533. The smallest absolute Gasteiger partial charge is 0.163 e. The molecular weight excluding hydrogens is 510 g/mol. The van der Waals surface area contributed by atoms with Gasteiger partial charge in [0.2, 0.25) is 0 Å². The minimum Gasteiger partial charge on any atom is -0.219 e. The van der Waals surface area contributed by atoms with E-state index in [1.165, 1.54) is 0 Å². The maximum atomic E-state index is 4.92. The second-order valence-electron chi connectivity index (χ2n) is 9.78. The summed E-state index contributed by atoms with van der Waals surface area (Å²) in [7, 11) is 0. The van der Waals surface area contributed by atoms with Crippen LogP contribution in [-0.2, 0) is 0 Å². The molecule has 0 saturated carbocycles. The van der Waals surface area contributed by atoms with Crippen molar-refractivity contribution in [3.8, 4) is 56.7 Å². The minimum atomic E-state index is 0.533. The summed E-state index contributed by atoms with van der Waals surface area (Å²) < 4.78 is 0. The summed E-state index contributed by atoms with van der Waals surface area (Å²) in [4.78, 5) is 41.4. The number of rotatable bonds is 5. The monoisotopic (exact) mass is 537 g/mol. The fourth-order valence-corrected chi connectivity index (χ4v) is 4.71. The predicted octanol–water partition coefficient (Wildman–Crippen LogP) is 6.12. The topological polar surface area (TPSA) is 116 Å². The molecule has 0 bridgehead atoms. The van der Waals surface area contributed by atoms with Crippen molar-refractivity contribution in [3.63, 3.8) is 0 Å². The zero-order chi connectivity index (χ0) is 28.5. The van der Waals surface area contributed by atoms with Crippen molar-refractivity contribution in [2.45, 2.75) is 34.6 Å². The fourth-order valence-electron chi connectivity index (χ4n) is 4.71. The van der Waals surface area contributed by atoms with Crippen molar-refractivity contribution >= 4 is 0 Å². The molecule has 6 rings (SSSR count). The fraction of sp³-hybridized carbons (Fsp3) is 0.156. The van der Waals surface area contributed by atoms with E-state index < -0.39 is 0 Å². The summed E-state index contributed by atoms with van der Waals surface area (Å²) in [5, 5.41) is 0. The molecule has 0 spiro atoms. The average molecular weight is 538 g/mol. The van der Waals surface area contributed by atoms with Crippen LogP contribution in [0.5, 0.6) is 0 Å². The van der Waals surface area contributed by atoms with Gasteiger partial charge in [0.1, 0.15) is 29.1 Å². The highest BCUT2D eigenvalue weighted by atomic mass is 15.0. The Hall–Kier alpha value is -5.31. The van der Waals surface area contributed by atoms with Gasteiger partial charge >= 0.3 is 0 Å². The number of nitrogens with zero attached hydrogens (tertiary/aromatic N) is 9. The molecule has 200 valence electrons. The highest BCUT2D eigenvalue weighted by molar-refractivity contribution is 5.76. The van der Waals surface area contributed by atoms with E-state index in [4.69, 9.17) is 9.97 Å². The molecule has 3 aromatic carbocycles. The van der Waals surface area contributed by atoms with E-state index in [2.05, 4.69) is 59.2 Å². The van der Waals surface area contributed by atoms with Crippen LogP contribution in [0.25, 0.3) is 56.7 Å². The lowest BCUT2D eigenvalue weighted by Gasteiger charge is -2.11. The number of aromatic nitrogens is 9. The molecule has 0 atom stereocenters. The summed E-state index contributed by atoms with van der Waals surface area (Å²) in [6.45, 7) is 9.29. The van der Waals surface area contributed by atoms with Crippen LogP contribution in [0.4, 0.5) is 0 Å². The summed E-state index contributed by atoms with van der Waals surface area (Å²) in [5.74, 6) is 5.42. The Morgan fingerprint density at radius 3 is 1.12 bits per heavy atom. The SMILES string of the molecule is Cc1nc(C)nc(-c2cc(-c3nc(C)nc(C)n3)cc(-c3nc(C)nc(-c4cccc(-c5ccccc5)c4)n3)c2)n1. The first-order valence-corrected chi connectivity index (χ1v) is 13.2. The lowest BCUT2D eigenvalue weighted by atomic mass is 10.0. The Morgan fingerprint density at radius 1 is 0.293 bits per heavy atom. The van der Waals surface area contributed by atoms with Gasteiger partial charge in [-0.1, -0.05) is 48.5 Å². The first kappa shape index (κ1) is 25.9. The molecule has 0 amide bonds. The van der Waals surface area contributed by atoms with Crippen LogP contribution in [-0.4, -0.2) is 44.9 Å². The molecule has 9 nitrogen and oxygen atoms in total. The molecule has 0 fully saturated rings. The van der Waals surface area contributed by atoms with Gasteiger partial charge < -0.3 is 0 Å². The third kappa shape index (κ3) is 5.69. The highest BCUT2D eigenvalue weighted by Gasteiger charge is 2.16. The standard InChI is InChI=1S/C32H27N9/c1-18-33-19(2)36-30(35-18)26-15-27(31-37-20(3)34-21(4)38-31)17-28(16-26)32-40-22(5)39-29(41-32)25-13-9-12-24(14-25)23-10-7-6-8-11-23/h6-17H,1-5H3. The molecule has 0 saturated heterocycles. The molecule has 0 unspecified atom stereocenters. The average Bonchev–Trinajstić information content (AvgIpc) is 2.96. The van der Waals surface area contributed by atoms with E-state index >= 15 is 0 Å². The Balaban J connectivity index is 1.52. The summed E-state index contributed by atoms with van der Waals surface area (Å²) in [6.07, 6.45) is 0. The van der Waals surface area contributed by atoms with Crippen LogP contribution in [0.3, 0.4) is 0 Å². The molecule has 0 aliphatic heterocycles. The number of hydrogen-bond donors (Lipinski definition) is 0. The van der Waals surface area contributed by atoms with Crippen LogP contribution in [0, 0.1) is 34.6 Å². The number of hydrogen-bond acceptors (Lipinski definition) is 9. The van der Waals surface area contributed by atoms with Crippen LogP contribution in [0.1, 0.15) is 29.1 Å². The van der Waals surface area contributed by atoms with Gasteiger partial charge in [-0.05, 0) is 70.0 Å². The molecule has 0 N–H and O–H groups in total. The Kier molecular flexibility index (Phi) is 6.76. The Bertz CT molecular complexity index is 1790. The molecule has 0 aliphatic carbocycles. The molecule has 0 aliphatic rings. The first-order chi connectivity index (χ1) is 19.8. The molecular formula is C32H27N9. The van der Waals surface area contributed by atoms with Crippen molar-refractivity contribution in [1.82, 2.24) is 44.9 Å². The van der Waals surface area contributed by atoms with Crippen LogP contribution in [0.2, 0.25) is 0 Å². The molecule has 3 heterocycles. The van der Waals surface area contributed by atoms with E-state index in [9.17, 15) is 0 Å². The first-order valence-electron chi connectivity index (χ1n) is 13.2. The van der Waals surface area contributed by atoms with Gasteiger partial charge in [0.25, 0.3) is 0 Å². The van der Waals surface area contributed by atoms with E-state index in [0.29, 0.717) is 52.4 Å². The van der Waals surface area contributed by atoms with Crippen molar-refractivity contribution in [3.05, 3.63) is 102 Å². The molecule has 3 aromatic heterocycles. The lowest BCUT2D eigenvalue weighted by Crippen LogP contribution is -2.03. The van der Waals surface area contributed by atoms with Gasteiger partial charge in [-0.25, -0.2) is 44.9 Å². The quantitative estimate of drug-likeness (QED) is 0.256. The zero-order valence-electron chi connectivity index (χ0n) is 23.5. The maximum Gasteiger partial charge on any atom is 0.163 e. The second kappa shape index (κ2) is 10.7. The number of aryl methyl sites for hydroxylation is 5.